The van der Waals surface area contributed by atoms with E-state index < -0.39 is 11.9 Å². The average Bonchev–Trinajstić information content (AvgIpc) is 2.97. The number of rotatable bonds is 4. The highest BCUT2D eigenvalue weighted by Gasteiger charge is 2.33. The van der Waals surface area contributed by atoms with E-state index in [1.54, 1.807) is 18.2 Å². The van der Waals surface area contributed by atoms with Crippen LogP contribution in [0.5, 0.6) is 0 Å². The fourth-order valence-electron chi connectivity index (χ4n) is 2.11. The highest BCUT2D eigenvalue weighted by atomic mass is 35.5. The Balaban J connectivity index is 1.89. The zero-order chi connectivity index (χ0) is 18.0. The average molecular weight is 386 g/mol. The third-order valence-corrected chi connectivity index (χ3v) is 4.39. The molecule has 0 aliphatic carbocycles. The van der Waals surface area contributed by atoms with Gasteiger partial charge in [-0.1, -0.05) is 23.7 Å². The van der Waals surface area contributed by atoms with E-state index >= 15 is 0 Å². The standard InChI is InChI=1S/C15H11ClF3N5S/c1-2-24-13(9-4-3-5-10(16)8-9)22-23-14(24)25-12-7-6-11(20-21-12)15(17,18)19/h3-8H,2H2,1H3. The van der Waals surface area contributed by atoms with E-state index in [2.05, 4.69) is 20.4 Å². The van der Waals surface area contributed by atoms with Crippen LogP contribution in [0.25, 0.3) is 11.4 Å². The van der Waals surface area contributed by atoms with E-state index in [0.29, 0.717) is 27.6 Å². The SMILES string of the molecule is CCn1c(Sc2ccc(C(F)(F)F)nn2)nnc1-c1cccc(Cl)c1. The summed E-state index contributed by atoms with van der Waals surface area (Å²) in [4.78, 5) is 0. The lowest BCUT2D eigenvalue weighted by atomic mass is 10.2. The molecule has 0 bridgehead atoms. The number of nitrogens with zero attached hydrogens (tertiary/aromatic N) is 5. The maximum atomic E-state index is 12.5. The monoisotopic (exact) mass is 385 g/mol. The first-order chi connectivity index (χ1) is 11.9. The molecule has 0 atom stereocenters. The Morgan fingerprint density at radius 3 is 2.48 bits per heavy atom. The van der Waals surface area contributed by atoms with Crippen LogP contribution < -0.4 is 0 Å². The molecule has 1 aromatic carbocycles. The van der Waals surface area contributed by atoms with Gasteiger partial charge in [-0.2, -0.15) is 13.2 Å². The van der Waals surface area contributed by atoms with Gasteiger partial charge in [-0.15, -0.1) is 20.4 Å². The predicted molar refractivity (Wildman–Crippen MR) is 87.3 cm³/mol. The van der Waals surface area contributed by atoms with Gasteiger partial charge in [0.05, 0.1) is 0 Å². The molecular weight excluding hydrogens is 375 g/mol. The predicted octanol–water partition coefficient (Wildman–Crippen LogP) is 4.58. The van der Waals surface area contributed by atoms with Crippen LogP contribution in [0.3, 0.4) is 0 Å². The molecule has 2 aromatic heterocycles. The van der Waals surface area contributed by atoms with Gasteiger partial charge in [0.25, 0.3) is 0 Å². The first kappa shape index (κ1) is 17.7. The van der Waals surface area contributed by atoms with Crippen molar-refractivity contribution in [2.24, 2.45) is 0 Å². The lowest BCUT2D eigenvalue weighted by Gasteiger charge is -2.08. The number of aromatic nitrogens is 5. The highest BCUT2D eigenvalue weighted by molar-refractivity contribution is 7.99. The second-order valence-electron chi connectivity index (χ2n) is 4.92. The van der Waals surface area contributed by atoms with Crippen LogP contribution in [-0.4, -0.2) is 25.0 Å². The molecule has 0 aliphatic rings. The minimum atomic E-state index is -4.51. The Bertz CT molecular complexity index is 880. The maximum Gasteiger partial charge on any atom is 0.435 e. The molecule has 0 saturated heterocycles. The molecular formula is C15H11ClF3N5S. The molecule has 10 heteroatoms. The Kier molecular flexibility index (Phi) is 4.96. The van der Waals surface area contributed by atoms with Crippen molar-refractivity contribution >= 4 is 23.4 Å². The summed E-state index contributed by atoms with van der Waals surface area (Å²) in [6.45, 7) is 2.49. The molecule has 0 aliphatic heterocycles. The van der Waals surface area contributed by atoms with Crippen LogP contribution in [0.2, 0.25) is 5.02 Å². The van der Waals surface area contributed by atoms with Crippen molar-refractivity contribution in [1.82, 2.24) is 25.0 Å². The van der Waals surface area contributed by atoms with Crippen molar-refractivity contribution < 1.29 is 13.2 Å². The lowest BCUT2D eigenvalue weighted by molar-refractivity contribution is -0.141. The minimum absolute atomic E-state index is 0.299. The molecule has 0 saturated carbocycles. The van der Waals surface area contributed by atoms with Crippen LogP contribution in [-0.2, 0) is 12.7 Å². The number of alkyl halides is 3. The topological polar surface area (TPSA) is 56.5 Å². The van der Waals surface area contributed by atoms with E-state index in [-0.39, 0.29) is 0 Å². The van der Waals surface area contributed by atoms with Crippen LogP contribution in [0, 0.1) is 0 Å². The fourth-order valence-corrected chi connectivity index (χ4v) is 3.11. The summed E-state index contributed by atoms with van der Waals surface area (Å²) >= 11 is 7.10. The molecule has 2 heterocycles. The van der Waals surface area contributed by atoms with Gasteiger partial charge in [0.15, 0.2) is 16.7 Å². The molecule has 0 radical (unpaired) electrons. The van der Waals surface area contributed by atoms with Gasteiger partial charge < -0.3 is 4.57 Å². The third kappa shape index (κ3) is 3.93. The summed E-state index contributed by atoms with van der Waals surface area (Å²) in [6.07, 6.45) is -4.51. The molecule has 3 aromatic rings. The Hall–Kier alpha value is -2.13. The van der Waals surface area contributed by atoms with Crippen molar-refractivity contribution in [3.8, 4) is 11.4 Å². The Labute approximate surface area is 150 Å². The summed E-state index contributed by atoms with van der Waals surface area (Å²) in [5, 5.41) is 16.4. The smallest absolute Gasteiger partial charge is 0.302 e. The van der Waals surface area contributed by atoms with Crippen LogP contribution in [0.15, 0.2) is 46.6 Å². The van der Waals surface area contributed by atoms with Gasteiger partial charge in [-0.3, -0.25) is 0 Å². The van der Waals surface area contributed by atoms with Crippen molar-refractivity contribution in [2.45, 2.75) is 29.8 Å². The van der Waals surface area contributed by atoms with Crippen molar-refractivity contribution in [3.05, 3.63) is 47.1 Å². The lowest BCUT2D eigenvalue weighted by Crippen LogP contribution is -2.09. The van der Waals surface area contributed by atoms with Crippen molar-refractivity contribution in [3.63, 3.8) is 0 Å². The number of hydrogen-bond donors (Lipinski definition) is 0. The van der Waals surface area contributed by atoms with E-state index in [1.807, 2.05) is 17.6 Å². The zero-order valence-electron chi connectivity index (χ0n) is 12.8. The van der Waals surface area contributed by atoms with Crippen molar-refractivity contribution in [1.29, 1.82) is 0 Å². The van der Waals surface area contributed by atoms with Gasteiger partial charge in [0.1, 0.15) is 5.03 Å². The normalized spacial score (nSPS) is 11.7. The molecule has 3 rings (SSSR count). The molecule has 0 unspecified atom stereocenters. The molecule has 25 heavy (non-hydrogen) atoms. The van der Waals surface area contributed by atoms with Gasteiger partial charge in [-0.25, -0.2) is 0 Å². The number of benzene rings is 1. The van der Waals surface area contributed by atoms with E-state index in [9.17, 15) is 13.2 Å². The Morgan fingerprint density at radius 2 is 1.88 bits per heavy atom. The second kappa shape index (κ2) is 7.01. The van der Waals surface area contributed by atoms with Crippen LogP contribution in [0.4, 0.5) is 13.2 Å². The first-order valence-corrected chi connectivity index (χ1v) is 8.36. The number of hydrogen-bond acceptors (Lipinski definition) is 5. The summed E-state index contributed by atoms with van der Waals surface area (Å²) in [7, 11) is 0. The second-order valence-corrected chi connectivity index (χ2v) is 6.34. The van der Waals surface area contributed by atoms with Gasteiger partial charge in [0, 0.05) is 17.1 Å². The molecule has 0 fully saturated rings. The van der Waals surface area contributed by atoms with Gasteiger partial charge in [0.2, 0.25) is 0 Å². The largest absolute Gasteiger partial charge is 0.435 e. The molecule has 130 valence electrons. The van der Waals surface area contributed by atoms with Crippen LogP contribution >= 0.6 is 23.4 Å². The number of halogens is 4. The maximum absolute atomic E-state index is 12.5. The minimum Gasteiger partial charge on any atom is -0.302 e. The molecule has 0 spiro atoms. The summed E-state index contributed by atoms with van der Waals surface area (Å²) in [6, 6.07) is 9.33. The van der Waals surface area contributed by atoms with Gasteiger partial charge >= 0.3 is 6.18 Å². The van der Waals surface area contributed by atoms with Crippen LogP contribution in [0.1, 0.15) is 12.6 Å². The molecule has 5 nitrogen and oxygen atoms in total. The van der Waals surface area contributed by atoms with E-state index in [0.717, 1.165) is 23.4 Å². The van der Waals surface area contributed by atoms with E-state index in [1.165, 1.54) is 6.07 Å². The quantitative estimate of drug-likeness (QED) is 0.658. The van der Waals surface area contributed by atoms with Gasteiger partial charge in [-0.05, 0) is 43.0 Å². The van der Waals surface area contributed by atoms with Crippen molar-refractivity contribution in [2.75, 3.05) is 0 Å². The summed E-state index contributed by atoms with van der Waals surface area (Å²) < 4.78 is 39.5. The zero-order valence-corrected chi connectivity index (χ0v) is 14.4. The fraction of sp³-hybridized carbons (Fsp3) is 0.200. The Morgan fingerprint density at radius 1 is 1.08 bits per heavy atom. The first-order valence-electron chi connectivity index (χ1n) is 7.16. The van der Waals surface area contributed by atoms with E-state index in [4.69, 9.17) is 11.6 Å². The summed E-state index contributed by atoms with van der Waals surface area (Å²) in [5.74, 6) is 0.618. The highest BCUT2D eigenvalue weighted by Crippen LogP contribution is 2.31. The molecule has 0 amide bonds. The molecule has 0 N–H and O–H groups in total. The third-order valence-electron chi connectivity index (χ3n) is 3.24. The summed E-state index contributed by atoms with van der Waals surface area (Å²) in [5.41, 5.74) is -0.236.